The second-order valence-electron chi connectivity index (χ2n) is 6.91. The third-order valence-electron chi connectivity index (χ3n) is 5.00. The molecule has 0 saturated carbocycles. The van der Waals surface area contributed by atoms with Crippen molar-refractivity contribution in [1.82, 2.24) is 20.4 Å². The van der Waals surface area contributed by atoms with Gasteiger partial charge in [0.15, 0.2) is 0 Å². The summed E-state index contributed by atoms with van der Waals surface area (Å²) >= 11 is 0. The van der Waals surface area contributed by atoms with Gasteiger partial charge in [-0.05, 0) is 26.2 Å². The number of hydrogen-bond acceptors (Lipinski definition) is 4. The SMILES string of the molecule is Cn1nccc1N1CCC[C@@H](NC(=O)[C@]2(C)CCC(=O)NC2)C1. The van der Waals surface area contributed by atoms with Crippen molar-refractivity contribution in [1.29, 1.82) is 0 Å². The second-order valence-corrected chi connectivity index (χ2v) is 6.91. The van der Waals surface area contributed by atoms with E-state index in [-0.39, 0.29) is 17.9 Å². The minimum absolute atomic E-state index is 0.0373. The van der Waals surface area contributed by atoms with E-state index < -0.39 is 5.41 Å². The number of carbonyl (C=O) groups is 2. The fourth-order valence-electron chi connectivity index (χ4n) is 3.39. The van der Waals surface area contributed by atoms with Crippen LogP contribution in [0.2, 0.25) is 0 Å². The molecule has 2 aliphatic heterocycles. The molecule has 2 N–H and O–H groups in total. The highest BCUT2D eigenvalue weighted by Gasteiger charge is 2.38. The largest absolute Gasteiger partial charge is 0.355 e. The number of carbonyl (C=O) groups excluding carboxylic acids is 2. The van der Waals surface area contributed by atoms with Crippen LogP contribution in [0, 0.1) is 5.41 Å². The average molecular weight is 319 g/mol. The summed E-state index contributed by atoms with van der Waals surface area (Å²) in [6, 6.07) is 2.14. The molecule has 7 heteroatoms. The van der Waals surface area contributed by atoms with Crippen LogP contribution in [0.1, 0.15) is 32.6 Å². The molecule has 0 spiro atoms. The van der Waals surface area contributed by atoms with Crippen LogP contribution in [0.3, 0.4) is 0 Å². The van der Waals surface area contributed by atoms with E-state index in [2.05, 4.69) is 20.6 Å². The van der Waals surface area contributed by atoms with Crippen molar-refractivity contribution in [2.75, 3.05) is 24.5 Å². The molecule has 0 aromatic carbocycles. The molecule has 1 aromatic rings. The zero-order valence-electron chi connectivity index (χ0n) is 13.8. The normalized spacial score (nSPS) is 28.3. The van der Waals surface area contributed by atoms with Gasteiger partial charge in [0, 0.05) is 45.2 Å². The first-order valence-corrected chi connectivity index (χ1v) is 8.28. The summed E-state index contributed by atoms with van der Waals surface area (Å²) in [6.45, 7) is 4.15. The Hall–Kier alpha value is -2.05. The van der Waals surface area contributed by atoms with Crippen molar-refractivity contribution in [3.63, 3.8) is 0 Å². The molecule has 2 fully saturated rings. The molecular weight excluding hydrogens is 294 g/mol. The van der Waals surface area contributed by atoms with Crippen molar-refractivity contribution < 1.29 is 9.59 Å². The van der Waals surface area contributed by atoms with Crippen LogP contribution >= 0.6 is 0 Å². The van der Waals surface area contributed by atoms with Crippen molar-refractivity contribution in [3.05, 3.63) is 12.3 Å². The summed E-state index contributed by atoms with van der Waals surface area (Å²) < 4.78 is 1.86. The van der Waals surface area contributed by atoms with Gasteiger partial charge in [-0.1, -0.05) is 0 Å². The van der Waals surface area contributed by atoms with Crippen molar-refractivity contribution in [3.8, 4) is 0 Å². The van der Waals surface area contributed by atoms with Crippen LogP contribution in [0.15, 0.2) is 12.3 Å². The Bertz CT molecular complexity index is 587. The number of hydrogen-bond donors (Lipinski definition) is 2. The molecule has 3 rings (SSSR count). The molecule has 2 atom stereocenters. The summed E-state index contributed by atoms with van der Waals surface area (Å²) in [5.74, 6) is 1.17. The summed E-state index contributed by atoms with van der Waals surface area (Å²) in [6.07, 6.45) is 4.87. The molecule has 2 amide bonds. The minimum Gasteiger partial charge on any atom is -0.355 e. The molecule has 7 nitrogen and oxygen atoms in total. The van der Waals surface area contributed by atoms with Crippen LogP contribution in [0.25, 0.3) is 0 Å². The van der Waals surface area contributed by atoms with Gasteiger partial charge in [-0.15, -0.1) is 0 Å². The van der Waals surface area contributed by atoms with E-state index in [1.807, 2.05) is 24.7 Å². The number of anilines is 1. The molecule has 0 aliphatic carbocycles. The molecule has 0 radical (unpaired) electrons. The molecule has 23 heavy (non-hydrogen) atoms. The van der Waals surface area contributed by atoms with Crippen LogP contribution in [0.4, 0.5) is 5.82 Å². The first-order valence-electron chi connectivity index (χ1n) is 8.28. The molecule has 0 unspecified atom stereocenters. The highest BCUT2D eigenvalue weighted by atomic mass is 16.2. The van der Waals surface area contributed by atoms with E-state index >= 15 is 0 Å². The summed E-state index contributed by atoms with van der Waals surface area (Å²) in [7, 11) is 1.93. The maximum atomic E-state index is 12.7. The molecular formula is C16H25N5O2. The van der Waals surface area contributed by atoms with E-state index in [4.69, 9.17) is 0 Å². The number of piperidine rings is 2. The molecule has 0 bridgehead atoms. The van der Waals surface area contributed by atoms with Gasteiger partial charge in [0.1, 0.15) is 5.82 Å². The standard InChI is InChI=1S/C16H25N5O2/c1-16(7-5-13(22)17-11-16)15(23)19-12-4-3-9-21(10-12)14-6-8-18-20(14)2/h6,8,12H,3-5,7,9-11H2,1-2H3,(H,17,22)(H,19,23)/t12-,16-/m1/s1. The lowest BCUT2D eigenvalue weighted by Gasteiger charge is -2.38. The average Bonchev–Trinajstić information content (AvgIpc) is 2.97. The van der Waals surface area contributed by atoms with Crippen molar-refractivity contribution in [2.45, 2.75) is 38.6 Å². The van der Waals surface area contributed by atoms with Gasteiger partial charge >= 0.3 is 0 Å². The third kappa shape index (κ3) is 3.33. The summed E-state index contributed by atoms with van der Waals surface area (Å²) in [5, 5.41) is 10.2. The van der Waals surface area contributed by atoms with Gasteiger partial charge < -0.3 is 15.5 Å². The number of nitrogens with zero attached hydrogens (tertiary/aromatic N) is 3. The fraction of sp³-hybridized carbons (Fsp3) is 0.688. The second kappa shape index (κ2) is 6.22. The van der Waals surface area contributed by atoms with Gasteiger partial charge in [-0.3, -0.25) is 14.3 Å². The van der Waals surface area contributed by atoms with Gasteiger partial charge in [-0.25, -0.2) is 0 Å². The maximum Gasteiger partial charge on any atom is 0.228 e. The predicted octanol–water partition coefficient (Wildman–Crippen LogP) is 0.421. The van der Waals surface area contributed by atoms with Crippen LogP contribution in [-0.4, -0.2) is 47.3 Å². The number of aryl methyl sites for hydroxylation is 1. The quantitative estimate of drug-likeness (QED) is 0.846. The van der Waals surface area contributed by atoms with Gasteiger partial charge in [0.05, 0.1) is 11.6 Å². The van der Waals surface area contributed by atoms with E-state index in [0.717, 1.165) is 31.7 Å². The Morgan fingerprint density at radius 3 is 3.00 bits per heavy atom. The van der Waals surface area contributed by atoms with Crippen molar-refractivity contribution >= 4 is 17.6 Å². The predicted molar refractivity (Wildman–Crippen MR) is 86.9 cm³/mol. The smallest absolute Gasteiger partial charge is 0.228 e. The van der Waals surface area contributed by atoms with Crippen molar-refractivity contribution in [2.24, 2.45) is 12.5 Å². The van der Waals surface area contributed by atoms with Gasteiger partial charge in [-0.2, -0.15) is 5.10 Å². The lowest BCUT2D eigenvalue weighted by atomic mass is 9.81. The molecule has 126 valence electrons. The van der Waals surface area contributed by atoms with Gasteiger partial charge in [0.2, 0.25) is 11.8 Å². The monoisotopic (exact) mass is 319 g/mol. The van der Waals surface area contributed by atoms with Crippen LogP contribution in [-0.2, 0) is 16.6 Å². The third-order valence-corrected chi connectivity index (χ3v) is 5.00. The first kappa shape index (κ1) is 15.8. The highest BCUT2D eigenvalue weighted by Crippen LogP contribution is 2.27. The van der Waals surface area contributed by atoms with E-state index in [1.165, 1.54) is 0 Å². The number of amides is 2. The fourth-order valence-corrected chi connectivity index (χ4v) is 3.39. The number of rotatable bonds is 3. The zero-order valence-corrected chi connectivity index (χ0v) is 13.8. The van der Waals surface area contributed by atoms with Crippen LogP contribution in [0.5, 0.6) is 0 Å². The van der Waals surface area contributed by atoms with Gasteiger partial charge in [0.25, 0.3) is 0 Å². The van der Waals surface area contributed by atoms with Crippen LogP contribution < -0.4 is 15.5 Å². The molecule has 1 aromatic heterocycles. The Kier molecular flexibility index (Phi) is 4.28. The maximum absolute atomic E-state index is 12.7. The molecule has 2 saturated heterocycles. The Labute approximate surface area is 136 Å². The lowest BCUT2D eigenvalue weighted by Crippen LogP contribution is -2.55. The molecule has 3 heterocycles. The number of nitrogens with one attached hydrogen (secondary N) is 2. The lowest BCUT2D eigenvalue weighted by molar-refractivity contribution is -0.135. The van der Waals surface area contributed by atoms with E-state index in [1.54, 1.807) is 6.20 Å². The summed E-state index contributed by atoms with van der Waals surface area (Å²) in [4.78, 5) is 26.2. The zero-order chi connectivity index (χ0) is 16.4. The Morgan fingerprint density at radius 2 is 2.35 bits per heavy atom. The Balaban J connectivity index is 1.60. The topological polar surface area (TPSA) is 79.3 Å². The minimum atomic E-state index is -0.497. The summed E-state index contributed by atoms with van der Waals surface area (Å²) in [5.41, 5.74) is -0.497. The van der Waals surface area contributed by atoms with E-state index in [9.17, 15) is 9.59 Å². The van der Waals surface area contributed by atoms with E-state index in [0.29, 0.717) is 19.4 Å². The Morgan fingerprint density at radius 1 is 1.52 bits per heavy atom. The number of aromatic nitrogens is 2. The highest BCUT2D eigenvalue weighted by molar-refractivity contribution is 5.86. The first-order chi connectivity index (χ1) is 11.0. The molecule has 2 aliphatic rings.